The second-order valence-corrected chi connectivity index (χ2v) is 6.27. The Balaban J connectivity index is 2.05. The summed E-state index contributed by atoms with van der Waals surface area (Å²) in [6.07, 6.45) is 2.47. The maximum atomic E-state index is 12.3. The number of H-pyrrole nitrogens is 1. The second-order valence-electron chi connectivity index (χ2n) is 4.94. The van der Waals surface area contributed by atoms with Gasteiger partial charge < -0.3 is 5.32 Å². The molecule has 1 aromatic heterocycles. The molecule has 2 N–H and O–H groups in total. The first-order valence-corrected chi connectivity index (χ1v) is 7.91. The summed E-state index contributed by atoms with van der Waals surface area (Å²) in [5.41, 5.74) is 2.06. The predicted molar refractivity (Wildman–Crippen MR) is 85.5 cm³/mol. The van der Waals surface area contributed by atoms with Crippen molar-refractivity contribution in [2.75, 3.05) is 5.32 Å². The molecule has 1 heterocycles. The van der Waals surface area contributed by atoms with Crippen LogP contribution < -0.4 is 5.32 Å². The van der Waals surface area contributed by atoms with E-state index in [2.05, 4.69) is 40.4 Å². The van der Waals surface area contributed by atoms with Gasteiger partial charge in [-0.1, -0.05) is 43.8 Å². The van der Waals surface area contributed by atoms with Crippen LogP contribution in [0.3, 0.4) is 0 Å². The number of aromatic nitrogens is 3. The molecule has 21 heavy (non-hydrogen) atoms. The van der Waals surface area contributed by atoms with Gasteiger partial charge in [-0.3, -0.25) is 9.89 Å². The van der Waals surface area contributed by atoms with Crippen molar-refractivity contribution in [3.05, 3.63) is 36.2 Å². The van der Waals surface area contributed by atoms with Gasteiger partial charge in [-0.2, -0.15) is 5.10 Å². The molecule has 2 rings (SSSR count). The van der Waals surface area contributed by atoms with Crippen LogP contribution in [-0.4, -0.2) is 26.3 Å². The summed E-state index contributed by atoms with van der Waals surface area (Å²) in [6, 6.07) is 7.96. The lowest BCUT2D eigenvalue weighted by molar-refractivity contribution is -0.115. The molecule has 2 atom stereocenters. The van der Waals surface area contributed by atoms with Gasteiger partial charge in [-0.15, -0.1) is 0 Å². The van der Waals surface area contributed by atoms with E-state index in [-0.39, 0.29) is 11.2 Å². The summed E-state index contributed by atoms with van der Waals surface area (Å²) in [7, 11) is 0. The van der Waals surface area contributed by atoms with E-state index in [1.54, 1.807) is 0 Å². The van der Waals surface area contributed by atoms with Crippen LogP contribution in [-0.2, 0) is 4.79 Å². The van der Waals surface area contributed by atoms with Gasteiger partial charge >= 0.3 is 0 Å². The molecule has 0 fully saturated rings. The number of benzene rings is 1. The van der Waals surface area contributed by atoms with E-state index in [1.165, 1.54) is 23.7 Å². The first kappa shape index (κ1) is 15.6. The van der Waals surface area contributed by atoms with Gasteiger partial charge in [0.2, 0.25) is 5.91 Å². The van der Waals surface area contributed by atoms with Crippen molar-refractivity contribution in [1.29, 1.82) is 0 Å². The van der Waals surface area contributed by atoms with E-state index < -0.39 is 0 Å². The summed E-state index contributed by atoms with van der Waals surface area (Å²) in [6.45, 7) is 6.16. The Hall–Kier alpha value is -1.82. The highest BCUT2D eigenvalue weighted by molar-refractivity contribution is 8.00. The van der Waals surface area contributed by atoms with Crippen LogP contribution in [0.25, 0.3) is 0 Å². The maximum absolute atomic E-state index is 12.3. The number of hydrogen-bond donors (Lipinski definition) is 2. The monoisotopic (exact) mass is 304 g/mol. The molecule has 5 nitrogen and oxygen atoms in total. The Morgan fingerprint density at radius 1 is 1.38 bits per heavy atom. The third-order valence-corrected chi connectivity index (χ3v) is 4.40. The molecule has 0 saturated heterocycles. The molecule has 112 valence electrons. The van der Waals surface area contributed by atoms with Crippen molar-refractivity contribution < 1.29 is 4.79 Å². The summed E-state index contributed by atoms with van der Waals surface area (Å²) in [5, 5.41) is 9.94. The van der Waals surface area contributed by atoms with Gasteiger partial charge in [0.05, 0.1) is 5.25 Å². The summed E-state index contributed by atoms with van der Waals surface area (Å²) in [5.74, 6) is 0.380. The van der Waals surface area contributed by atoms with Crippen molar-refractivity contribution in [2.45, 2.75) is 43.5 Å². The number of carbonyl (C=O) groups is 1. The van der Waals surface area contributed by atoms with Crippen LogP contribution in [0.15, 0.2) is 35.7 Å². The zero-order chi connectivity index (χ0) is 15.2. The quantitative estimate of drug-likeness (QED) is 0.802. The Morgan fingerprint density at radius 2 is 2.14 bits per heavy atom. The molecular formula is C15H20N4OS. The SMILES string of the molecule is CC[C@H](C)c1ccccc1NC(=O)[C@H](C)Sc1ncn[nH]1. The molecular weight excluding hydrogens is 284 g/mol. The van der Waals surface area contributed by atoms with Gasteiger partial charge in [-0.05, 0) is 30.9 Å². The molecule has 0 radical (unpaired) electrons. The summed E-state index contributed by atoms with van der Waals surface area (Å²) < 4.78 is 0. The van der Waals surface area contributed by atoms with E-state index in [4.69, 9.17) is 0 Å². The lowest BCUT2D eigenvalue weighted by Gasteiger charge is -2.17. The van der Waals surface area contributed by atoms with Crippen molar-refractivity contribution in [1.82, 2.24) is 15.2 Å². The number of para-hydroxylation sites is 1. The van der Waals surface area contributed by atoms with Crippen LogP contribution in [0.1, 0.15) is 38.7 Å². The normalized spacial score (nSPS) is 13.7. The van der Waals surface area contributed by atoms with Crippen molar-refractivity contribution in [2.24, 2.45) is 0 Å². The minimum absolute atomic E-state index is 0.0350. The summed E-state index contributed by atoms with van der Waals surface area (Å²) in [4.78, 5) is 16.3. The third kappa shape index (κ3) is 4.07. The number of amides is 1. The molecule has 0 bridgehead atoms. The van der Waals surface area contributed by atoms with Gasteiger partial charge in [0.15, 0.2) is 5.16 Å². The highest BCUT2D eigenvalue weighted by atomic mass is 32.2. The smallest absolute Gasteiger partial charge is 0.237 e. The maximum Gasteiger partial charge on any atom is 0.237 e. The largest absolute Gasteiger partial charge is 0.325 e. The first-order valence-electron chi connectivity index (χ1n) is 7.03. The zero-order valence-corrected chi connectivity index (χ0v) is 13.3. The molecule has 0 saturated carbocycles. The van der Waals surface area contributed by atoms with Gasteiger partial charge in [0.1, 0.15) is 6.33 Å². The van der Waals surface area contributed by atoms with E-state index in [0.717, 1.165) is 12.1 Å². The van der Waals surface area contributed by atoms with Crippen LogP contribution in [0.4, 0.5) is 5.69 Å². The Morgan fingerprint density at radius 3 is 2.81 bits per heavy atom. The number of nitrogens with one attached hydrogen (secondary N) is 2. The Bertz CT molecular complexity index is 585. The minimum atomic E-state index is -0.247. The number of aromatic amines is 1. The van der Waals surface area contributed by atoms with Gasteiger partial charge in [-0.25, -0.2) is 4.98 Å². The number of rotatable bonds is 6. The highest BCUT2D eigenvalue weighted by Gasteiger charge is 2.18. The van der Waals surface area contributed by atoms with Crippen LogP contribution in [0, 0.1) is 0 Å². The minimum Gasteiger partial charge on any atom is -0.325 e. The molecule has 0 spiro atoms. The van der Waals surface area contributed by atoms with Crippen molar-refractivity contribution in [3.8, 4) is 0 Å². The van der Waals surface area contributed by atoms with Crippen LogP contribution in [0.5, 0.6) is 0 Å². The number of carbonyl (C=O) groups excluding carboxylic acids is 1. The average molecular weight is 304 g/mol. The topological polar surface area (TPSA) is 70.7 Å². The standard InChI is InChI=1S/C15H20N4OS/c1-4-10(2)12-7-5-6-8-13(12)18-14(20)11(3)21-15-16-9-17-19-15/h5-11H,4H2,1-3H3,(H,18,20)(H,16,17,19)/t10-,11-/m0/s1. The zero-order valence-electron chi connectivity index (χ0n) is 12.5. The lowest BCUT2D eigenvalue weighted by atomic mass is 9.97. The second kappa shape index (κ2) is 7.26. The summed E-state index contributed by atoms with van der Waals surface area (Å²) >= 11 is 1.36. The van der Waals surface area contributed by atoms with E-state index in [0.29, 0.717) is 11.1 Å². The number of anilines is 1. The molecule has 2 aromatic rings. The fraction of sp³-hybridized carbons (Fsp3) is 0.400. The third-order valence-electron chi connectivity index (χ3n) is 3.41. The molecule has 0 unspecified atom stereocenters. The molecule has 6 heteroatoms. The van der Waals surface area contributed by atoms with Crippen molar-refractivity contribution >= 4 is 23.4 Å². The van der Waals surface area contributed by atoms with Crippen LogP contribution >= 0.6 is 11.8 Å². The lowest BCUT2D eigenvalue weighted by Crippen LogP contribution is -2.23. The fourth-order valence-electron chi connectivity index (χ4n) is 1.97. The predicted octanol–water partition coefficient (Wildman–Crippen LogP) is 3.44. The van der Waals surface area contributed by atoms with Gasteiger partial charge in [0.25, 0.3) is 0 Å². The highest BCUT2D eigenvalue weighted by Crippen LogP contribution is 2.27. The number of thioether (sulfide) groups is 1. The molecule has 0 aliphatic heterocycles. The molecule has 0 aliphatic carbocycles. The number of hydrogen-bond acceptors (Lipinski definition) is 4. The molecule has 1 amide bonds. The fourth-order valence-corrected chi connectivity index (χ4v) is 2.68. The first-order chi connectivity index (χ1) is 10.1. The van der Waals surface area contributed by atoms with E-state index in [1.807, 2.05) is 25.1 Å². The van der Waals surface area contributed by atoms with Gasteiger partial charge in [0, 0.05) is 5.69 Å². The van der Waals surface area contributed by atoms with E-state index >= 15 is 0 Å². The Labute approximate surface area is 128 Å². The van der Waals surface area contributed by atoms with E-state index in [9.17, 15) is 4.79 Å². The van der Waals surface area contributed by atoms with Crippen molar-refractivity contribution in [3.63, 3.8) is 0 Å². The molecule has 1 aromatic carbocycles. The number of nitrogens with zero attached hydrogens (tertiary/aromatic N) is 2. The van der Waals surface area contributed by atoms with Crippen LogP contribution in [0.2, 0.25) is 0 Å². The Kier molecular flexibility index (Phi) is 5.38. The average Bonchev–Trinajstić information content (AvgIpc) is 2.99. The molecule has 0 aliphatic rings.